The Balaban J connectivity index is 2.26. The van der Waals surface area contributed by atoms with Crippen LogP contribution < -0.4 is 0 Å². The molecule has 0 aromatic rings. The van der Waals surface area contributed by atoms with Gasteiger partial charge in [-0.05, 0) is 18.0 Å². The Kier molecular flexibility index (Phi) is 3.74. The molecule has 1 saturated heterocycles. The van der Waals surface area contributed by atoms with Crippen LogP contribution in [0.25, 0.3) is 0 Å². The number of hydrogen-bond donors (Lipinski definition) is 0. The van der Waals surface area contributed by atoms with Crippen molar-refractivity contribution in [2.24, 2.45) is 0 Å². The van der Waals surface area contributed by atoms with Crippen molar-refractivity contribution in [2.45, 2.75) is 11.8 Å². The summed E-state index contributed by atoms with van der Waals surface area (Å²) in [4.78, 5) is 3.50. The van der Waals surface area contributed by atoms with E-state index in [2.05, 4.69) is 15.7 Å². The van der Waals surface area contributed by atoms with Crippen LogP contribution in [0.1, 0.15) is 6.92 Å². The third-order valence-corrected chi connectivity index (χ3v) is 3.89. The quantitative estimate of drug-likeness (QED) is 0.425. The molecule has 10 heavy (non-hydrogen) atoms. The summed E-state index contributed by atoms with van der Waals surface area (Å²) in [7, 11) is 0. The maximum atomic E-state index is 2.61. The maximum absolute atomic E-state index is 2.61. The van der Waals surface area contributed by atoms with Crippen LogP contribution in [-0.4, -0.2) is 72.7 Å². The van der Waals surface area contributed by atoms with Crippen molar-refractivity contribution in [1.82, 2.24) is 8.78 Å². The number of rotatable bonds is 1. The van der Waals surface area contributed by atoms with E-state index in [1.54, 1.807) is 0 Å². The SMILES string of the molecule is C[CH]([AlH2])N1CC[N]([AlH2])CC1. The summed E-state index contributed by atoms with van der Waals surface area (Å²) in [5.41, 5.74) is 0. The predicted molar refractivity (Wildman–Crippen MR) is 49.7 cm³/mol. The average molecular weight is 170 g/mol. The fraction of sp³-hybridized carbons (Fsp3) is 1.00. The molecule has 0 N–H and O–H groups in total. The summed E-state index contributed by atoms with van der Waals surface area (Å²) in [5.74, 6) is 0. The lowest BCUT2D eigenvalue weighted by molar-refractivity contribution is 0.182. The minimum absolute atomic E-state index is 0.885. The molecule has 0 aromatic heterocycles. The van der Waals surface area contributed by atoms with E-state index in [0.717, 1.165) is 4.90 Å². The van der Waals surface area contributed by atoms with Crippen LogP contribution in [0.2, 0.25) is 0 Å². The van der Waals surface area contributed by atoms with E-state index in [4.69, 9.17) is 0 Å². The summed E-state index contributed by atoms with van der Waals surface area (Å²) < 4.78 is 2.54. The van der Waals surface area contributed by atoms with Gasteiger partial charge in [-0.15, -0.1) is 0 Å². The van der Waals surface area contributed by atoms with E-state index in [-0.39, 0.29) is 0 Å². The van der Waals surface area contributed by atoms with E-state index in [1.807, 2.05) is 0 Å². The Morgan fingerprint density at radius 2 is 1.70 bits per heavy atom. The molecule has 0 spiro atoms. The topological polar surface area (TPSA) is 6.48 Å². The van der Waals surface area contributed by atoms with Gasteiger partial charge in [-0.2, -0.15) is 0 Å². The lowest BCUT2D eigenvalue weighted by Gasteiger charge is -2.36. The smallest absolute Gasteiger partial charge is 0.321 e. The highest BCUT2D eigenvalue weighted by molar-refractivity contribution is 6.11. The van der Waals surface area contributed by atoms with E-state index in [9.17, 15) is 0 Å². The highest BCUT2D eigenvalue weighted by atomic mass is 27.1. The Morgan fingerprint density at radius 3 is 2.10 bits per heavy atom. The Labute approximate surface area is 79.6 Å². The minimum Gasteiger partial charge on any atom is -0.388 e. The van der Waals surface area contributed by atoms with Crippen molar-refractivity contribution in [1.29, 1.82) is 0 Å². The molecule has 0 aliphatic carbocycles. The second-order valence-corrected chi connectivity index (χ2v) is 6.37. The second-order valence-electron chi connectivity index (χ2n) is 3.43. The Bertz CT molecular complexity index is 99.9. The van der Waals surface area contributed by atoms with Gasteiger partial charge in [-0.3, -0.25) is 0 Å². The normalized spacial score (nSPS) is 26.5. The molecule has 1 fully saturated rings. The second kappa shape index (κ2) is 4.12. The van der Waals surface area contributed by atoms with Crippen LogP contribution >= 0.6 is 0 Å². The zero-order valence-electron chi connectivity index (χ0n) is 7.30. The van der Waals surface area contributed by atoms with E-state index in [1.165, 1.54) is 59.0 Å². The monoisotopic (exact) mass is 170 g/mol. The molecule has 1 heterocycles. The molecule has 56 valence electrons. The van der Waals surface area contributed by atoms with E-state index < -0.39 is 0 Å². The van der Waals surface area contributed by atoms with Crippen LogP contribution in [0.5, 0.6) is 0 Å². The first-order valence-corrected chi connectivity index (χ1v) is 6.17. The van der Waals surface area contributed by atoms with Gasteiger partial charge in [0.05, 0.1) is 0 Å². The van der Waals surface area contributed by atoms with Gasteiger partial charge >= 0.3 is 16.5 Å². The third kappa shape index (κ3) is 2.55. The van der Waals surface area contributed by atoms with Gasteiger partial charge in [0.15, 0.2) is 0 Å². The highest BCUT2D eigenvalue weighted by Crippen LogP contribution is 2.00. The summed E-state index contributed by atoms with van der Waals surface area (Å²) in [6, 6.07) is 0. The van der Waals surface area contributed by atoms with Gasteiger partial charge in [0.25, 0.3) is 0 Å². The van der Waals surface area contributed by atoms with Crippen LogP contribution in [0.3, 0.4) is 0 Å². The van der Waals surface area contributed by atoms with Crippen LogP contribution in [-0.2, 0) is 0 Å². The first-order chi connectivity index (χ1) is 4.70. The third-order valence-electron chi connectivity index (χ3n) is 2.27. The van der Waals surface area contributed by atoms with Gasteiger partial charge in [0, 0.05) is 13.1 Å². The van der Waals surface area contributed by atoms with Crippen molar-refractivity contribution >= 4 is 32.8 Å². The molecule has 0 saturated carbocycles. The van der Waals surface area contributed by atoms with E-state index in [0.29, 0.717) is 0 Å². The zero-order chi connectivity index (χ0) is 7.56. The molecular formula is C6H16Al2N2. The van der Waals surface area contributed by atoms with Crippen LogP contribution in [0.4, 0.5) is 0 Å². The summed E-state index contributed by atoms with van der Waals surface area (Å²) in [6.45, 7) is 7.61. The zero-order valence-corrected chi connectivity index (χ0v) is 11.3. The molecule has 1 rings (SSSR count). The van der Waals surface area contributed by atoms with Crippen molar-refractivity contribution in [3.8, 4) is 0 Å². The molecule has 2 nitrogen and oxygen atoms in total. The van der Waals surface area contributed by atoms with Crippen LogP contribution in [0, 0.1) is 0 Å². The minimum atomic E-state index is 0.885. The lowest BCUT2D eigenvalue weighted by atomic mass is 10.4. The maximum Gasteiger partial charge on any atom is 0.321 e. The van der Waals surface area contributed by atoms with Crippen molar-refractivity contribution in [3.05, 3.63) is 0 Å². The van der Waals surface area contributed by atoms with Gasteiger partial charge < -0.3 is 8.78 Å². The van der Waals surface area contributed by atoms with Crippen molar-refractivity contribution in [3.63, 3.8) is 0 Å². The molecule has 1 unspecified atom stereocenters. The predicted octanol–water partition coefficient (Wildman–Crippen LogP) is -1.87. The van der Waals surface area contributed by atoms with Gasteiger partial charge in [0.2, 0.25) is 16.3 Å². The van der Waals surface area contributed by atoms with Gasteiger partial charge in [-0.1, -0.05) is 6.92 Å². The Hall–Kier alpha value is 0.985. The molecule has 1 aliphatic rings. The highest BCUT2D eigenvalue weighted by Gasteiger charge is 2.14. The molecule has 1 atom stereocenters. The fourth-order valence-corrected chi connectivity index (χ4v) is 2.25. The summed E-state index contributed by atoms with van der Waals surface area (Å²) in [6.07, 6.45) is 0. The number of nitrogens with zero attached hydrogens (tertiary/aromatic N) is 2. The van der Waals surface area contributed by atoms with Crippen molar-refractivity contribution < 1.29 is 0 Å². The first-order valence-electron chi connectivity index (χ1n) is 4.13. The molecule has 0 amide bonds. The van der Waals surface area contributed by atoms with Gasteiger partial charge in [0.1, 0.15) is 0 Å². The van der Waals surface area contributed by atoms with Crippen LogP contribution in [0.15, 0.2) is 0 Å². The largest absolute Gasteiger partial charge is 0.388 e. The molecule has 0 radical (unpaired) electrons. The lowest BCUT2D eigenvalue weighted by Crippen LogP contribution is -2.48. The average Bonchev–Trinajstić information content (AvgIpc) is 1.88. The number of hydrogen-bond acceptors (Lipinski definition) is 2. The Morgan fingerprint density at radius 1 is 1.20 bits per heavy atom. The molecule has 1 aliphatic heterocycles. The van der Waals surface area contributed by atoms with E-state index >= 15 is 0 Å². The number of piperazine rings is 1. The molecule has 0 aromatic carbocycles. The molecule has 0 bridgehead atoms. The van der Waals surface area contributed by atoms with Crippen molar-refractivity contribution in [2.75, 3.05) is 26.2 Å². The fourth-order valence-electron chi connectivity index (χ4n) is 1.34. The summed E-state index contributed by atoms with van der Waals surface area (Å²) >= 11 is 2.58. The molecule has 4 heteroatoms. The van der Waals surface area contributed by atoms with Gasteiger partial charge in [-0.25, -0.2) is 0 Å². The molecular weight excluding hydrogens is 154 g/mol. The standard InChI is InChI=1S/C6H12N2.2Al.4H/c1-2-8-5-3-7-4-6-8;;;;;;/h2H,3-6H2,1H3;;;;;;/q-1;;+1;;;;. The summed E-state index contributed by atoms with van der Waals surface area (Å²) in [5, 5.41) is 0. The first kappa shape index (κ1) is 9.08.